The average molecular weight is 337 g/mol. The van der Waals surface area contributed by atoms with Gasteiger partial charge in [-0.25, -0.2) is 4.39 Å². The van der Waals surface area contributed by atoms with Gasteiger partial charge in [-0.1, -0.05) is 42.5 Å². The molecule has 0 fully saturated rings. The van der Waals surface area contributed by atoms with E-state index >= 15 is 0 Å². The fourth-order valence-electron chi connectivity index (χ4n) is 2.73. The lowest BCUT2D eigenvalue weighted by atomic mass is 10.1. The maximum Gasteiger partial charge on any atom is 0.270 e. The summed E-state index contributed by atoms with van der Waals surface area (Å²) in [7, 11) is 0. The smallest absolute Gasteiger partial charge is 0.270 e. The predicted octanol–water partition coefficient (Wildman–Crippen LogP) is 4.20. The van der Waals surface area contributed by atoms with Gasteiger partial charge in [-0.3, -0.25) is 9.48 Å². The normalized spacial score (nSPS) is 12.0. The first-order valence-corrected chi connectivity index (χ1v) is 8.28. The van der Waals surface area contributed by atoms with Crippen molar-refractivity contribution in [2.24, 2.45) is 0 Å². The Balaban J connectivity index is 1.85. The van der Waals surface area contributed by atoms with Gasteiger partial charge in [0, 0.05) is 12.1 Å². The number of nitrogens with one attached hydrogen (secondary N) is 1. The lowest BCUT2D eigenvalue weighted by Gasteiger charge is -2.14. The average Bonchev–Trinajstić information content (AvgIpc) is 3.07. The number of benzene rings is 2. The number of nitrogens with zero attached hydrogens (tertiary/aromatic N) is 2. The van der Waals surface area contributed by atoms with Gasteiger partial charge in [0.05, 0.1) is 11.7 Å². The maximum atomic E-state index is 13.4. The van der Waals surface area contributed by atoms with Crippen molar-refractivity contribution in [1.29, 1.82) is 0 Å². The Morgan fingerprint density at radius 1 is 1.16 bits per heavy atom. The van der Waals surface area contributed by atoms with E-state index < -0.39 is 0 Å². The highest BCUT2D eigenvalue weighted by Crippen LogP contribution is 2.21. The summed E-state index contributed by atoms with van der Waals surface area (Å²) in [5, 5.41) is 7.42. The molecule has 0 aliphatic heterocycles. The molecule has 0 aliphatic carbocycles. The van der Waals surface area contributed by atoms with Crippen molar-refractivity contribution in [2.45, 2.75) is 26.4 Å². The molecule has 0 radical (unpaired) electrons. The Labute approximate surface area is 146 Å². The van der Waals surface area contributed by atoms with Crippen LogP contribution in [0.2, 0.25) is 0 Å². The van der Waals surface area contributed by atoms with E-state index in [4.69, 9.17) is 0 Å². The van der Waals surface area contributed by atoms with Crippen LogP contribution in [0.3, 0.4) is 0 Å². The zero-order valence-electron chi connectivity index (χ0n) is 14.2. The third kappa shape index (κ3) is 3.76. The van der Waals surface area contributed by atoms with Crippen LogP contribution in [-0.2, 0) is 6.54 Å². The first-order chi connectivity index (χ1) is 12.1. The topological polar surface area (TPSA) is 46.9 Å². The second-order valence-corrected chi connectivity index (χ2v) is 5.85. The molecular formula is C20H20FN3O. The van der Waals surface area contributed by atoms with Crippen LogP contribution >= 0.6 is 0 Å². The summed E-state index contributed by atoms with van der Waals surface area (Å²) in [4.78, 5) is 12.7. The lowest BCUT2D eigenvalue weighted by molar-refractivity contribution is 0.0929. The Kier molecular flexibility index (Phi) is 4.93. The van der Waals surface area contributed by atoms with E-state index in [1.165, 1.54) is 12.1 Å². The van der Waals surface area contributed by atoms with Crippen LogP contribution in [0.4, 0.5) is 4.39 Å². The Bertz CT molecular complexity index is 874. The molecule has 0 saturated heterocycles. The van der Waals surface area contributed by atoms with E-state index in [9.17, 15) is 9.18 Å². The maximum absolute atomic E-state index is 13.4. The predicted molar refractivity (Wildman–Crippen MR) is 95.6 cm³/mol. The summed E-state index contributed by atoms with van der Waals surface area (Å²) in [6.45, 7) is 4.41. The summed E-state index contributed by atoms with van der Waals surface area (Å²) in [5.41, 5.74) is 2.73. The largest absolute Gasteiger partial charge is 0.344 e. The zero-order chi connectivity index (χ0) is 17.8. The minimum atomic E-state index is -0.327. The van der Waals surface area contributed by atoms with E-state index in [1.807, 2.05) is 44.2 Å². The van der Waals surface area contributed by atoms with Gasteiger partial charge in [-0.15, -0.1) is 0 Å². The van der Waals surface area contributed by atoms with Crippen molar-refractivity contribution in [2.75, 3.05) is 0 Å². The molecule has 1 heterocycles. The molecule has 1 unspecified atom stereocenters. The molecule has 2 aromatic carbocycles. The number of carbonyl (C=O) groups is 1. The fraction of sp³-hybridized carbons (Fsp3) is 0.200. The second kappa shape index (κ2) is 7.30. The highest BCUT2D eigenvalue weighted by molar-refractivity contribution is 5.94. The number of aryl methyl sites for hydroxylation is 1. The van der Waals surface area contributed by atoms with Gasteiger partial charge < -0.3 is 5.32 Å². The molecule has 1 amide bonds. The van der Waals surface area contributed by atoms with E-state index in [0.717, 1.165) is 5.56 Å². The first kappa shape index (κ1) is 16.9. The van der Waals surface area contributed by atoms with Gasteiger partial charge in [0.25, 0.3) is 5.91 Å². The number of aromatic nitrogens is 2. The van der Waals surface area contributed by atoms with Crippen molar-refractivity contribution < 1.29 is 9.18 Å². The molecule has 5 heteroatoms. The highest BCUT2D eigenvalue weighted by Gasteiger charge is 2.18. The van der Waals surface area contributed by atoms with Crippen molar-refractivity contribution in [1.82, 2.24) is 15.1 Å². The number of hydrogen-bond acceptors (Lipinski definition) is 2. The van der Waals surface area contributed by atoms with Crippen molar-refractivity contribution in [3.63, 3.8) is 0 Å². The Morgan fingerprint density at radius 2 is 1.92 bits per heavy atom. The van der Waals surface area contributed by atoms with Crippen LogP contribution in [0.25, 0.3) is 11.3 Å². The fourth-order valence-corrected chi connectivity index (χ4v) is 2.73. The molecule has 3 aromatic rings. The Morgan fingerprint density at radius 3 is 2.60 bits per heavy atom. The molecule has 4 nitrogen and oxygen atoms in total. The van der Waals surface area contributed by atoms with Gasteiger partial charge in [0.1, 0.15) is 11.5 Å². The van der Waals surface area contributed by atoms with Gasteiger partial charge >= 0.3 is 0 Å². The standard InChI is InChI=1S/C20H20FN3O/c1-3-24-19(13-18(23-24)16-10-7-11-17(21)12-16)20(25)22-14(2)15-8-5-4-6-9-15/h4-14H,3H2,1-2H3,(H,22,25). The van der Waals surface area contributed by atoms with Gasteiger partial charge in [0.15, 0.2) is 0 Å². The monoisotopic (exact) mass is 337 g/mol. The third-order valence-corrected chi connectivity index (χ3v) is 4.08. The number of carbonyl (C=O) groups excluding carboxylic acids is 1. The van der Waals surface area contributed by atoms with Gasteiger partial charge in [-0.2, -0.15) is 5.10 Å². The van der Waals surface area contributed by atoms with Crippen LogP contribution in [0, 0.1) is 5.82 Å². The van der Waals surface area contributed by atoms with Crippen LogP contribution in [0.5, 0.6) is 0 Å². The summed E-state index contributed by atoms with van der Waals surface area (Å²) in [5.74, 6) is -0.527. The van der Waals surface area contributed by atoms with Gasteiger partial charge in [-0.05, 0) is 37.6 Å². The SMILES string of the molecule is CCn1nc(-c2cccc(F)c2)cc1C(=O)NC(C)c1ccccc1. The van der Waals surface area contributed by atoms with E-state index in [-0.39, 0.29) is 17.8 Å². The van der Waals surface area contributed by atoms with Crippen molar-refractivity contribution in [3.05, 3.63) is 77.7 Å². The molecule has 1 aromatic heterocycles. The van der Waals surface area contributed by atoms with Crippen LogP contribution in [0.15, 0.2) is 60.7 Å². The molecule has 25 heavy (non-hydrogen) atoms. The molecule has 0 aliphatic rings. The van der Waals surface area contributed by atoms with Crippen molar-refractivity contribution >= 4 is 5.91 Å². The molecule has 3 rings (SSSR count). The molecule has 1 atom stereocenters. The van der Waals surface area contributed by atoms with Gasteiger partial charge in [0.2, 0.25) is 0 Å². The van der Waals surface area contributed by atoms with E-state index in [2.05, 4.69) is 10.4 Å². The summed E-state index contributed by atoms with van der Waals surface area (Å²) < 4.78 is 15.1. The first-order valence-electron chi connectivity index (χ1n) is 8.28. The Hall–Kier alpha value is -2.95. The minimum Gasteiger partial charge on any atom is -0.344 e. The number of halogens is 1. The lowest BCUT2D eigenvalue weighted by Crippen LogP contribution is -2.28. The molecule has 0 saturated carbocycles. The molecule has 128 valence electrons. The number of amides is 1. The van der Waals surface area contributed by atoms with Crippen LogP contribution in [0.1, 0.15) is 35.9 Å². The zero-order valence-corrected chi connectivity index (χ0v) is 14.2. The summed E-state index contributed by atoms with van der Waals surface area (Å²) in [6.07, 6.45) is 0. The van der Waals surface area contributed by atoms with E-state index in [0.29, 0.717) is 23.5 Å². The summed E-state index contributed by atoms with van der Waals surface area (Å²) in [6, 6.07) is 17.6. The van der Waals surface area contributed by atoms with Crippen LogP contribution < -0.4 is 5.32 Å². The second-order valence-electron chi connectivity index (χ2n) is 5.85. The molecule has 1 N–H and O–H groups in total. The number of rotatable bonds is 5. The minimum absolute atomic E-state index is 0.119. The third-order valence-electron chi connectivity index (χ3n) is 4.08. The molecule has 0 bridgehead atoms. The van der Waals surface area contributed by atoms with E-state index in [1.54, 1.807) is 22.9 Å². The quantitative estimate of drug-likeness (QED) is 0.758. The molecule has 0 spiro atoms. The molecular weight excluding hydrogens is 317 g/mol. The number of hydrogen-bond donors (Lipinski definition) is 1. The van der Waals surface area contributed by atoms with Crippen molar-refractivity contribution in [3.8, 4) is 11.3 Å². The van der Waals surface area contributed by atoms with Crippen LogP contribution in [-0.4, -0.2) is 15.7 Å². The highest BCUT2D eigenvalue weighted by atomic mass is 19.1. The summed E-state index contributed by atoms with van der Waals surface area (Å²) >= 11 is 0.